The van der Waals surface area contributed by atoms with Gasteiger partial charge in [0.25, 0.3) is 0 Å². The molecule has 0 saturated carbocycles. The Labute approximate surface area is 134 Å². The van der Waals surface area contributed by atoms with Crippen molar-refractivity contribution >= 4 is 27.8 Å². The first-order valence-electron chi connectivity index (χ1n) is 8.08. The topological polar surface area (TPSA) is 80.1 Å². The summed E-state index contributed by atoms with van der Waals surface area (Å²) >= 11 is 0. The second-order valence-corrected chi connectivity index (χ2v) is 6.26. The van der Waals surface area contributed by atoms with Crippen LogP contribution in [0, 0.1) is 0 Å². The molecule has 0 aromatic carbocycles. The van der Waals surface area contributed by atoms with E-state index in [1.54, 1.807) is 12.4 Å². The summed E-state index contributed by atoms with van der Waals surface area (Å²) in [5.41, 5.74) is 7.88. The quantitative estimate of drug-likeness (QED) is 0.760. The molecule has 0 bridgehead atoms. The Hall–Kier alpha value is -2.34. The number of hydrogen-bond acceptors (Lipinski definition) is 5. The zero-order chi connectivity index (χ0) is 15.8. The molecule has 4 rings (SSSR count). The average Bonchev–Trinajstić information content (AvgIpc) is 2.81. The number of ether oxygens (including phenoxy) is 1. The molecule has 6 heteroatoms. The van der Waals surface area contributed by atoms with E-state index in [0.29, 0.717) is 11.6 Å². The van der Waals surface area contributed by atoms with Gasteiger partial charge >= 0.3 is 0 Å². The van der Waals surface area contributed by atoms with Gasteiger partial charge in [0.15, 0.2) is 11.6 Å². The summed E-state index contributed by atoms with van der Waals surface area (Å²) in [5, 5.41) is 2.01. The van der Waals surface area contributed by atoms with E-state index < -0.39 is 0 Å². The largest absolute Gasteiger partial charge is 0.486 e. The highest BCUT2D eigenvalue weighted by Gasteiger charge is 2.21. The van der Waals surface area contributed by atoms with Crippen molar-refractivity contribution in [2.24, 2.45) is 0 Å². The molecule has 0 spiro atoms. The number of aromatic amines is 1. The van der Waals surface area contributed by atoms with Gasteiger partial charge in [-0.05, 0) is 45.0 Å². The summed E-state index contributed by atoms with van der Waals surface area (Å²) in [4.78, 5) is 14.3. The van der Waals surface area contributed by atoms with Gasteiger partial charge in [0, 0.05) is 18.1 Å². The van der Waals surface area contributed by atoms with Crippen molar-refractivity contribution in [1.29, 1.82) is 0 Å². The Morgan fingerprint density at radius 2 is 2.22 bits per heavy atom. The lowest BCUT2D eigenvalue weighted by Gasteiger charge is -2.19. The number of H-pyrrole nitrogens is 1. The fourth-order valence-corrected chi connectivity index (χ4v) is 3.32. The molecule has 6 nitrogen and oxygen atoms in total. The molecule has 0 aliphatic carbocycles. The van der Waals surface area contributed by atoms with Crippen LogP contribution in [-0.4, -0.2) is 46.1 Å². The fourth-order valence-electron chi connectivity index (χ4n) is 3.32. The number of fused-ring (bicyclic) bond motifs is 3. The lowest BCUT2D eigenvalue weighted by molar-refractivity contribution is 0.186. The predicted octanol–water partition coefficient (Wildman–Crippen LogP) is 2.56. The molecule has 23 heavy (non-hydrogen) atoms. The van der Waals surface area contributed by atoms with E-state index in [1.807, 2.05) is 12.1 Å². The third-order valence-electron chi connectivity index (χ3n) is 4.58. The van der Waals surface area contributed by atoms with Crippen LogP contribution in [0.15, 0.2) is 24.5 Å². The minimum absolute atomic E-state index is 0.177. The number of hydrogen-bond donors (Lipinski definition) is 2. The van der Waals surface area contributed by atoms with E-state index in [9.17, 15) is 0 Å². The first kappa shape index (κ1) is 14.3. The Morgan fingerprint density at radius 3 is 3.13 bits per heavy atom. The zero-order valence-electron chi connectivity index (χ0n) is 13.2. The van der Waals surface area contributed by atoms with Crippen molar-refractivity contribution < 1.29 is 4.74 Å². The number of nitrogens with two attached hydrogens (primary N) is 1. The molecule has 3 aromatic rings. The van der Waals surface area contributed by atoms with E-state index in [2.05, 4.69) is 26.9 Å². The maximum absolute atomic E-state index is 6.33. The van der Waals surface area contributed by atoms with E-state index >= 15 is 0 Å². The summed E-state index contributed by atoms with van der Waals surface area (Å²) in [6.45, 7) is 2.16. The number of likely N-dealkylation sites (tertiary alicyclic amines) is 1. The highest BCUT2D eigenvalue weighted by Crippen LogP contribution is 2.36. The van der Waals surface area contributed by atoms with Crippen LogP contribution in [0.1, 0.15) is 19.3 Å². The number of pyridine rings is 2. The monoisotopic (exact) mass is 311 g/mol. The Kier molecular flexibility index (Phi) is 3.53. The normalized spacial score (nSPS) is 20.0. The Morgan fingerprint density at radius 1 is 1.30 bits per heavy atom. The van der Waals surface area contributed by atoms with E-state index in [-0.39, 0.29) is 6.10 Å². The van der Waals surface area contributed by atoms with Gasteiger partial charge in [-0.25, -0.2) is 9.97 Å². The van der Waals surface area contributed by atoms with E-state index in [4.69, 9.17) is 10.5 Å². The van der Waals surface area contributed by atoms with Crippen LogP contribution in [0.2, 0.25) is 0 Å². The minimum Gasteiger partial charge on any atom is -0.486 e. The maximum atomic E-state index is 6.33. The van der Waals surface area contributed by atoms with Gasteiger partial charge in [0.1, 0.15) is 11.8 Å². The van der Waals surface area contributed by atoms with Gasteiger partial charge in [0.2, 0.25) is 0 Å². The number of nitrogens with one attached hydrogen (secondary N) is 1. The molecule has 1 aliphatic rings. The van der Waals surface area contributed by atoms with Crippen molar-refractivity contribution in [2.75, 3.05) is 25.9 Å². The summed E-state index contributed by atoms with van der Waals surface area (Å²) in [7, 11) is 2.16. The van der Waals surface area contributed by atoms with Crippen LogP contribution in [0.5, 0.6) is 5.75 Å². The summed E-state index contributed by atoms with van der Waals surface area (Å²) in [6, 6.07) is 3.96. The third-order valence-corrected chi connectivity index (χ3v) is 4.58. The number of aromatic nitrogens is 3. The molecule has 1 saturated heterocycles. The molecule has 1 unspecified atom stereocenters. The van der Waals surface area contributed by atoms with Gasteiger partial charge in [-0.2, -0.15) is 0 Å². The maximum Gasteiger partial charge on any atom is 0.171 e. The molecule has 1 atom stereocenters. The lowest BCUT2D eigenvalue weighted by atomic mass is 10.1. The molecule has 3 N–H and O–H groups in total. The van der Waals surface area contributed by atoms with E-state index in [1.165, 1.54) is 0 Å². The number of anilines is 1. The Bertz CT molecular complexity index is 843. The molecular formula is C17H21N5O. The van der Waals surface area contributed by atoms with Gasteiger partial charge in [-0.1, -0.05) is 0 Å². The summed E-state index contributed by atoms with van der Waals surface area (Å²) in [6.07, 6.45) is 6.89. The van der Waals surface area contributed by atoms with Gasteiger partial charge in [-0.15, -0.1) is 0 Å². The number of nitrogens with zero attached hydrogens (tertiary/aromatic N) is 3. The van der Waals surface area contributed by atoms with Crippen LogP contribution in [0.25, 0.3) is 21.9 Å². The molecule has 1 aliphatic heterocycles. The van der Waals surface area contributed by atoms with Crippen LogP contribution in [0.3, 0.4) is 0 Å². The van der Waals surface area contributed by atoms with Crippen molar-refractivity contribution in [1.82, 2.24) is 19.9 Å². The highest BCUT2D eigenvalue weighted by molar-refractivity contribution is 6.10. The fraction of sp³-hybridized carbons (Fsp3) is 0.412. The van der Waals surface area contributed by atoms with Crippen LogP contribution in [-0.2, 0) is 0 Å². The SMILES string of the molecule is CN1CCCC(Oc2c(N)ncc3[nH]c4ncccc4c23)CC1. The van der Waals surface area contributed by atoms with E-state index in [0.717, 1.165) is 54.3 Å². The molecule has 3 aromatic heterocycles. The standard InChI is InChI=1S/C17H21N5O/c1-22-8-3-4-11(6-9-22)23-15-14-12-5-2-7-19-17(12)21-13(14)10-20-16(15)18/h2,5,7,10-11H,3-4,6,8-9H2,1H3,(H2,18,20)(H,19,21). The van der Waals surface area contributed by atoms with Gasteiger partial charge < -0.3 is 20.4 Å². The predicted molar refractivity (Wildman–Crippen MR) is 91.6 cm³/mol. The van der Waals surface area contributed by atoms with Crippen LogP contribution in [0.4, 0.5) is 5.82 Å². The van der Waals surface area contributed by atoms with Crippen LogP contribution >= 0.6 is 0 Å². The average molecular weight is 311 g/mol. The number of nitrogen functional groups attached to an aromatic ring is 1. The summed E-state index contributed by atoms with van der Waals surface area (Å²) in [5.74, 6) is 1.14. The molecular weight excluding hydrogens is 290 g/mol. The van der Waals surface area contributed by atoms with Gasteiger partial charge in [0.05, 0.1) is 17.1 Å². The van der Waals surface area contributed by atoms with Crippen LogP contribution < -0.4 is 10.5 Å². The molecule has 0 amide bonds. The molecule has 0 radical (unpaired) electrons. The molecule has 4 heterocycles. The second kappa shape index (κ2) is 5.70. The molecule has 120 valence electrons. The van der Waals surface area contributed by atoms with Crippen molar-refractivity contribution in [3.63, 3.8) is 0 Å². The third kappa shape index (κ3) is 2.59. The van der Waals surface area contributed by atoms with Crippen molar-refractivity contribution in [3.05, 3.63) is 24.5 Å². The number of rotatable bonds is 2. The lowest BCUT2D eigenvalue weighted by Crippen LogP contribution is -2.22. The second-order valence-electron chi connectivity index (χ2n) is 6.26. The first-order chi connectivity index (χ1) is 11.2. The van der Waals surface area contributed by atoms with Crippen molar-refractivity contribution in [3.8, 4) is 5.75 Å². The highest BCUT2D eigenvalue weighted by atomic mass is 16.5. The summed E-state index contributed by atoms with van der Waals surface area (Å²) < 4.78 is 6.33. The minimum atomic E-state index is 0.177. The van der Waals surface area contributed by atoms with Gasteiger partial charge in [-0.3, -0.25) is 0 Å². The molecule has 1 fully saturated rings. The smallest absolute Gasteiger partial charge is 0.171 e. The van der Waals surface area contributed by atoms with Crippen molar-refractivity contribution in [2.45, 2.75) is 25.4 Å². The first-order valence-corrected chi connectivity index (χ1v) is 8.08. The Balaban J connectivity index is 1.77. The zero-order valence-corrected chi connectivity index (χ0v) is 13.2.